The number of nitrogens with zero attached hydrogens (tertiary/aromatic N) is 3. The van der Waals surface area contributed by atoms with Gasteiger partial charge in [-0.1, -0.05) is 6.92 Å². The number of amides is 1. The lowest BCUT2D eigenvalue weighted by Gasteiger charge is -2.13. The van der Waals surface area contributed by atoms with E-state index in [1.165, 1.54) is 0 Å². The summed E-state index contributed by atoms with van der Waals surface area (Å²) in [4.78, 5) is 27.7. The normalized spacial score (nSPS) is 13.7. The fourth-order valence-electron chi connectivity index (χ4n) is 2.44. The summed E-state index contributed by atoms with van der Waals surface area (Å²) in [5, 5.41) is 16.5. The van der Waals surface area contributed by atoms with Gasteiger partial charge < -0.3 is 10.4 Å². The van der Waals surface area contributed by atoms with E-state index in [9.17, 15) is 9.59 Å². The smallest absolute Gasteiger partial charge is 0.305 e. The highest BCUT2D eigenvalue weighted by molar-refractivity contribution is 6.05. The van der Waals surface area contributed by atoms with Crippen LogP contribution in [-0.2, 0) is 4.79 Å². The summed E-state index contributed by atoms with van der Waals surface area (Å²) in [6, 6.07) is 1.44. The molecule has 0 aliphatic carbocycles. The Labute approximate surface area is 134 Å². The number of carboxylic acid groups (broad SMARTS) is 1. The van der Waals surface area contributed by atoms with Crippen molar-refractivity contribution in [3.05, 3.63) is 23.5 Å². The molecule has 0 spiro atoms. The van der Waals surface area contributed by atoms with E-state index in [0.717, 1.165) is 12.1 Å². The van der Waals surface area contributed by atoms with Gasteiger partial charge in [-0.3, -0.25) is 9.59 Å². The molecule has 0 aromatic carbocycles. The summed E-state index contributed by atoms with van der Waals surface area (Å²) in [5.74, 6) is -1.25. The van der Waals surface area contributed by atoms with Crippen LogP contribution < -0.4 is 5.32 Å². The number of fused-ring (bicyclic) bond motifs is 1. The first-order valence-electron chi connectivity index (χ1n) is 7.71. The second kappa shape index (κ2) is 6.76. The van der Waals surface area contributed by atoms with Gasteiger partial charge in [0.05, 0.1) is 29.6 Å². The lowest BCUT2D eigenvalue weighted by molar-refractivity contribution is -0.137. The third kappa shape index (κ3) is 3.67. The maximum atomic E-state index is 12.5. The molecule has 0 bridgehead atoms. The summed E-state index contributed by atoms with van der Waals surface area (Å²) in [7, 11) is 0. The number of carbonyl (C=O) groups is 2. The summed E-state index contributed by atoms with van der Waals surface area (Å²) >= 11 is 0. The van der Waals surface area contributed by atoms with Gasteiger partial charge in [-0.15, -0.1) is 0 Å². The number of nitrogens with one attached hydrogen (secondary N) is 1. The van der Waals surface area contributed by atoms with Gasteiger partial charge in [-0.25, -0.2) is 9.67 Å². The summed E-state index contributed by atoms with van der Waals surface area (Å²) in [6.07, 6.45) is 2.43. The molecule has 0 saturated heterocycles. The first kappa shape index (κ1) is 16.9. The fraction of sp³-hybridized carbons (Fsp3) is 0.500. The molecule has 2 aromatic rings. The molecule has 2 heterocycles. The minimum Gasteiger partial charge on any atom is -0.481 e. The van der Waals surface area contributed by atoms with Crippen molar-refractivity contribution in [3.8, 4) is 0 Å². The van der Waals surface area contributed by atoms with Crippen LogP contribution in [0.25, 0.3) is 11.0 Å². The van der Waals surface area contributed by atoms with Crippen molar-refractivity contribution >= 4 is 22.9 Å². The molecule has 0 fully saturated rings. The number of aliphatic carboxylic acids is 1. The highest BCUT2D eigenvalue weighted by atomic mass is 16.4. The average molecular weight is 318 g/mol. The van der Waals surface area contributed by atoms with Gasteiger partial charge in [0.15, 0.2) is 5.65 Å². The molecule has 2 rings (SSSR count). The zero-order valence-electron chi connectivity index (χ0n) is 13.8. The van der Waals surface area contributed by atoms with E-state index in [1.54, 1.807) is 19.2 Å². The van der Waals surface area contributed by atoms with Gasteiger partial charge in [0.2, 0.25) is 0 Å². The van der Waals surface area contributed by atoms with Crippen molar-refractivity contribution < 1.29 is 14.7 Å². The Bertz CT molecular complexity index is 738. The molecule has 2 atom stereocenters. The van der Waals surface area contributed by atoms with Crippen LogP contribution in [0.4, 0.5) is 0 Å². The van der Waals surface area contributed by atoms with Crippen molar-refractivity contribution in [2.75, 3.05) is 0 Å². The van der Waals surface area contributed by atoms with Crippen LogP contribution in [0.1, 0.15) is 55.7 Å². The van der Waals surface area contributed by atoms with Crippen molar-refractivity contribution in [2.24, 2.45) is 0 Å². The predicted molar refractivity (Wildman–Crippen MR) is 86.4 cm³/mol. The molecule has 2 unspecified atom stereocenters. The Morgan fingerprint density at radius 1 is 1.39 bits per heavy atom. The number of aromatic nitrogens is 3. The van der Waals surface area contributed by atoms with E-state index in [2.05, 4.69) is 22.3 Å². The average Bonchev–Trinajstić information content (AvgIpc) is 2.88. The molecule has 7 heteroatoms. The van der Waals surface area contributed by atoms with Crippen molar-refractivity contribution in [3.63, 3.8) is 0 Å². The minimum atomic E-state index is -0.946. The molecular formula is C16H22N4O3. The van der Waals surface area contributed by atoms with Gasteiger partial charge in [0.1, 0.15) is 0 Å². The summed E-state index contributed by atoms with van der Waals surface area (Å²) in [6.45, 7) is 7.60. The summed E-state index contributed by atoms with van der Waals surface area (Å²) in [5.41, 5.74) is 1.87. The lowest BCUT2D eigenvalue weighted by Crippen LogP contribution is -2.34. The Hall–Kier alpha value is -2.44. The highest BCUT2D eigenvalue weighted by Gasteiger charge is 2.19. The molecule has 0 aliphatic rings. The first-order valence-corrected chi connectivity index (χ1v) is 7.71. The Morgan fingerprint density at radius 3 is 2.70 bits per heavy atom. The van der Waals surface area contributed by atoms with E-state index < -0.39 is 12.0 Å². The zero-order valence-corrected chi connectivity index (χ0v) is 13.8. The standard InChI is InChI=1S/C16H22N4O3/c1-5-11(4)20-15-13(8-17-20)12(6-9(2)18-15)16(23)19-10(3)7-14(21)22/h6,8,10-11H,5,7H2,1-4H3,(H,19,23)(H,21,22). The van der Waals surface area contributed by atoms with Crippen LogP contribution in [0.15, 0.2) is 12.3 Å². The molecule has 2 aromatic heterocycles. The zero-order chi connectivity index (χ0) is 17.1. The number of aryl methyl sites for hydroxylation is 1. The number of hydrogen-bond acceptors (Lipinski definition) is 4. The van der Waals surface area contributed by atoms with Gasteiger partial charge in [0, 0.05) is 11.7 Å². The van der Waals surface area contributed by atoms with Gasteiger partial charge in [-0.05, 0) is 33.3 Å². The maximum Gasteiger partial charge on any atom is 0.305 e. The van der Waals surface area contributed by atoms with Crippen LogP contribution in [-0.4, -0.2) is 37.8 Å². The Morgan fingerprint density at radius 2 is 2.09 bits per heavy atom. The third-order valence-electron chi connectivity index (χ3n) is 3.81. The molecule has 23 heavy (non-hydrogen) atoms. The third-order valence-corrected chi connectivity index (χ3v) is 3.81. The summed E-state index contributed by atoms with van der Waals surface area (Å²) < 4.78 is 1.82. The van der Waals surface area contributed by atoms with Crippen LogP contribution in [0.3, 0.4) is 0 Å². The van der Waals surface area contributed by atoms with Crippen LogP contribution >= 0.6 is 0 Å². The number of pyridine rings is 1. The molecule has 0 saturated carbocycles. The maximum absolute atomic E-state index is 12.5. The van der Waals surface area contributed by atoms with E-state index in [0.29, 0.717) is 16.6 Å². The number of rotatable bonds is 6. The molecule has 7 nitrogen and oxygen atoms in total. The number of carbonyl (C=O) groups excluding carboxylic acids is 1. The Kier molecular flexibility index (Phi) is 4.98. The van der Waals surface area contributed by atoms with Crippen LogP contribution in [0, 0.1) is 6.92 Å². The second-order valence-electron chi connectivity index (χ2n) is 5.87. The van der Waals surface area contributed by atoms with Gasteiger partial charge in [-0.2, -0.15) is 5.10 Å². The van der Waals surface area contributed by atoms with Crippen molar-refractivity contribution in [1.82, 2.24) is 20.1 Å². The van der Waals surface area contributed by atoms with E-state index in [-0.39, 0.29) is 18.4 Å². The molecule has 1 amide bonds. The topological polar surface area (TPSA) is 97.1 Å². The number of hydrogen-bond donors (Lipinski definition) is 2. The van der Waals surface area contributed by atoms with Gasteiger partial charge >= 0.3 is 5.97 Å². The second-order valence-corrected chi connectivity index (χ2v) is 5.87. The number of carboxylic acids is 1. The lowest BCUT2D eigenvalue weighted by atomic mass is 10.1. The fourth-order valence-corrected chi connectivity index (χ4v) is 2.44. The van der Waals surface area contributed by atoms with E-state index >= 15 is 0 Å². The van der Waals surface area contributed by atoms with Crippen molar-refractivity contribution in [1.29, 1.82) is 0 Å². The SMILES string of the molecule is CCC(C)n1ncc2c(C(=O)NC(C)CC(=O)O)cc(C)nc21. The predicted octanol–water partition coefficient (Wildman–Crippen LogP) is 2.30. The molecule has 2 N–H and O–H groups in total. The molecular weight excluding hydrogens is 296 g/mol. The Balaban J connectivity index is 2.39. The van der Waals surface area contributed by atoms with Gasteiger partial charge in [0.25, 0.3) is 5.91 Å². The molecule has 0 radical (unpaired) electrons. The quantitative estimate of drug-likeness (QED) is 0.852. The van der Waals surface area contributed by atoms with Crippen LogP contribution in [0.2, 0.25) is 0 Å². The van der Waals surface area contributed by atoms with Crippen molar-refractivity contribution in [2.45, 2.75) is 52.6 Å². The minimum absolute atomic E-state index is 0.120. The molecule has 124 valence electrons. The monoisotopic (exact) mass is 318 g/mol. The molecule has 0 aliphatic heterocycles. The van der Waals surface area contributed by atoms with E-state index in [1.807, 2.05) is 18.5 Å². The first-order chi connectivity index (χ1) is 10.8. The van der Waals surface area contributed by atoms with Crippen LogP contribution in [0.5, 0.6) is 0 Å². The van der Waals surface area contributed by atoms with E-state index in [4.69, 9.17) is 5.11 Å². The highest BCUT2D eigenvalue weighted by Crippen LogP contribution is 2.22. The largest absolute Gasteiger partial charge is 0.481 e.